The topological polar surface area (TPSA) is 22.0 Å². The SMILES string of the molecule is CC1(C)CC(=O)c2ccn(C3(C)CCCC3)c2C1. The molecule has 0 unspecified atom stereocenters. The van der Waals surface area contributed by atoms with Gasteiger partial charge in [-0.15, -0.1) is 0 Å². The molecule has 0 aromatic carbocycles. The second-order valence-electron chi connectivity index (χ2n) is 7.19. The van der Waals surface area contributed by atoms with Crippen LogP contribution in [0.5, 0.6) is 0 Å². The first kappa shape index (κ1) is 12.0. The fourth-order valence-electron chi connectivity index (χ4n) is 3.83. The van der Waals surface area contributed by atoms with E-state index in [1.165, 1.54) is 31.4 Å². The van der Waals surface area contributed by atoms with E-state index in [4.69, 9.17) is 0 Å². The second-order valence-corrected chi connectivity index (χ2v) is 7.19. The first-order chi connectivity index (χ1) is 8.41. The third kappa shape index (κ3) is 1.73. The lowest BCUT2D eigenvalue weighted by atomic mass is 9.76. The quantitative estimate of drug-likeness (QED) is 0.734. The lowest BCUT2D eigenvalue weighted by Gasteiger charge is -2.34. The number of rotatable bonds is 1. The van der Waals surface area contributed by atoms with E-state index in [9.17, 15) is 4.79 Å². The Morgan fingerprint density at radius 3 is 2.44 bits per heavy atom. The molecule has 2 heteroatoms. The molecule has 2 nitrogen and oxygen atoms in total. The van der Waals surface area contributed by atoms with Crippen LogP contribution in [0, 0.1) is 5.41 Å². The van der Waals surface area contributed by atoms with Gasteiger partial charge >= 0.3 is 0 Å². The molecule has 0 bridgehead atoms. The van der Waals surface area contributed by atoms with Crippen molar-refractivity contribution < 1.29 is 4.79 Å². The summed E-state index contributed by atoms with van der Waals surface area (Å²) < 4.78 is 2.42. The van der Waals surface area contributed by atoms with Crippen LogP contribution >= 0.6 is 0 Å². The molecule has 1 aromatic rings. The van der Waals surface area contributed by atoms with E-state index in [0.717, 1.165) is 12.0 Å². The summed E-state index contributed by atoms with van der Waals surface area (Å²) in [7, 11) is 0. The summed E-state index contributed by atoms with van der Waals surface area (Å²) in [6.07, 6.45) is 9.04. The number of hydrogen-bond acceptors (Lipinski definition) is 1. The third-order valence-electron chi connectivity index (χ3n) is 4.84. The monoisotopic (exact) mass is 245 g/mol. The van der Waals surface area contributed by atoms with E-state index in [2.05, 4.69) is 37.6 Å². The Bertz CT molecular complexity index is 489. The van der Waals surface area contributed by atoms with Gasteiger partial charge in [-0.2, -0.15) is 0 Å². The Hall–Kier alpha value is -1.05. The average Bonchev–Trinajstić information content (AvgIpc) is 2.83. The van der Waals surface area contributed by atoms with Crippen molar-refractivity contribution in [3.05, 3.63) is 23.5 Å². The lowest BCUT2D eigenvalue weighted by molar-refractivity contribution is 0.0907. The van der Waals surface area contributed by atoms with Gasteiger partial charge in [0, 0.05) is 29.4 Å². The molecule has 0 radical (unpaired) electrons. The van der Waals surface area contributed by atoms with Crippen molar-refractivity contribution in [2.75, 3.05) is 0 Å². The first-order valence-electron chi connectivity index (χ1n) is 7.15. The Labute approximate surface area is 109 Å². The largest absolute Gasteiger partial charge is 0.345 e. The lowest BCUT2D eigenvalue weighted by Crippen LogP contribution is -2.33. The highest BCUT2D eigenvalue weighted by atomic mass is 16.1. The molecule has 18 heavy (non-hydrogen) atoms. The Morgan fingerprint density at radius 2 is 1.78 bits per heavy atom. The number of aromatic nitrogens is 1. The molecule has 2 aliphatic rings. The molecular weight excluding hydrogens is 222 g/mol. The predicted molar refractivity (Wildman–Crippen MR) is 73.0 cm³/mol. The van der Waals surface area contributed by atoms with E-state index in [1.807, 2.05) is 0 Å². The van der Waals surface area contributed by atoms with Crippen LogP contribution in [-0.2, 0) is 12.0 Å². The minimum Gasteiger partial charge on any atom is -0.345 e. The number of Topliss-reactive ketones (excluding diaryl/α,β-unsaturated/α-hetero) is 1. The summed E-state index contributed by atoms with van der Waals surface area (Å²) in [6.45, 7) is 6.77. The van der Waals surface area contributed by atoms with Crippen molar-refractivity contribution in [2.45, 2.75) is 64.8 Å². The van der Waals surface area contributed by atoms with Crippen molar-refractivity contribution in [2.24, 2.45) is 5.41 Å². The van der Waals surface area contributed by atoms with Crippen LogP contribution in [0.25, 0.3) is 0 Å². The van der Waals surface area contributed by atoms with Gasteiger partial charge in [-0.25, -0.2) is 0 Å². The Kier molecular flexibility index (Phi) is 2.48. The molecule has 2 aliphatic carbocycles. The number of carbonyl (C=O) groups excluding carboxylic acids is 1. The van der Waals surface area contributed by atoms with Gasteiger partial charge in [0.1, 0.15) is 0 Å². The minimum absolute atomic E-state index is 0.120. The average molecular weight is 245 g/mol. The normalized spacial score (nSPS) is 25.2. The highest BCUT2D eigenvalue weighted by Gasteiger charge is 2.38. The molecule has 0 atom stereocenters. The van der Waals surface area contributed by atoms with Gasteiger partial charge in [-0.05, 0) is 37.7 Å². The first-order valence-corrected chi connectivity index (χ1v) is 7.15. The van der Waals surface area contributed by atoms with Gasteiger partial charge in [0.15, 0.2) is 5.78 Å². The molecule has 1 fully saturated rings. The summed E-state index contributed by atoms with van der Waals surface area (Å²) in [4.78, 5) is 12.2. The van der Waals surface area contributed by atoms with Gasteiger partial charge in [0.25, 0.3) is 0 Å². The van der Waals surface area contributed by atoms with Crippen LogP contribution in [0.3, 0.4) is 0 Å². The van der Waals surface area contributed by atoms with E-state index in [1.54, 1.807) is 0 Å². The highest BCUT2D eigenvalue weighted by Crippen LogP contribution is 2.42. The number of ketones is 1. The molecule has 0 N–H and O–H groups in total. The van der Waals surface area contributed by atoms with Crippen molar-refractivity contribution in [3.8, 4) is 0 Å². The molecule has 0 amide bonds. The number of nitrogens with zero attached hydrogens (tertiary/aromatic N) is 1. The second kappa shape index (κ2) is 3.72. The molecular formula is C16H23NO. The maximum absolute atomic E-state index is 12.2. The number of fused-ring (bicyclic) bond motifs is 1. The van der Waals surface area contributed by atoms with E-state index in [0.29, 0.717) is 12.2 Å². The van der Waals surface area contributed by atoms with Crippen molar-refractivity contribution in [3.63, 3.8) is 0 Å². The number of hydrogen-bond donors (Lipinski definition) is 0. The van der Waals surface area contributed by atoms with Gasteiger partial charge in [-0.3, -0.25) is 4.79 Å². The van der Waals surface area contributed by atoms with Crippen LogP contribution in [0.15, 0.2) is 12.3 Å². The maximum Gasteiger partial charge on any atom is 0.165 e. The van der Waals surface area contributed by atoms with Crippen LogP contribution < -0.4 is 0 Å². The summed E-state index contributed by atoms with van der Waals surface area (Å²) in [6, 6.07) is 2.05. The molecule has 1 heterocycles. The molecule has 98 valence electrons. The molecule has 1 aromatic heterocycles. The molecule has 0 spiro atoms. The van der Waals surface area contributed by atoms with Crippen molar-refractivity contribution >= 4 is 5.78 Å². The molecule has 0 saturated heterocycles. The van der Waals surface area contributed by atoms with Crippen LogP contribution in [0.2, 0.25) is 0 Å². The molecule has 0 aliphatic heterocycles. The van der Waals surface area contributed by atoms with Crippen LogP contribution in [0.4, 0.5) is 0 Å². The smallest absolute Gasteiger partial charge is 0.165 e. The predicted octanol–water partition coefficient (Wildman–Crippen LogP) is 3.93. The maximum atomic E-state index is 12.2. The van der Waals surface area contributed by atoms with Gasteiger partial charge in [-0.1, -0.05) is 26.7 Å². The molecule has 1 saturated carbocycles. The number of carbonyl (C=O) groups is 1. The summed E-state index contributed by atoms with van der Waals surface area (Å²) in [5.41, 5.74) is 2.65. The van der Waals surface area contributed by atoms with Gasteiger partial charge < -0.3 is 4.57 Å². The molecule has 3 rings (SSSR count). The van der Waals surface area contributed by atoms with Crippen molar-refractivity contribution in [1.29, 1.82) is 0 Å². The fraction of sp³-hybridized carbons (Fsp3) is 0.688. The van der Waals surface area contributed by atoms with Crippen LogP contribution in [-0.4, -0.2) is 10.4 Å². The standard InChI is InChI=1S/C16H23NO/c1-15(2)10-13-12(14(18)11-15)6-9-17(13)16(3)7-4-5-8-16/h6,9H,4-5,7-8,10-11H2,1-3H3. The minimum atomic E-state index is 0.120. The van der Waals surface area contributed by atoms with E-state index < -0.39 is 0 Å². The van der Waals surface area contributed by atoms with Crippen molar-refractivity contribution in [1.82, 2.24) is 4.57 Å². The Balaban J connectivity index is 2.07. The Morgan fingerprint density at radius 1 is 1.11 bits per heavy atom. The zero-order valence-corrected chi connectivity index (χ0v) is 11.8. The summed E-state index contributed by atoms with van der Waals surface area (Å²) in [5.74, 6) is 0.335. The summed E-state index contributed by atoms with van der Waals surface area (Å²) >= 11 is 0. The van der Waals surface area contributed by atoms with Gasteiger partial charge in [0.05, 0.1) is 0 Å². The fourth-order valence-corrected chi connectivity index (χ4v) is 3.83. The zero-order chi connectivity index (χ0) is 13.0. The highest BCUT2D eigenvalue weighted by molar-refractivity contribution is 5.98. The van der Waals surface area contributed by atoms with E-state index >= 15 is 0 Å². The van der Waals surface area contributed by atoms with Gasteiger partial charge in [0.2, 0.25) is 0 Å². The third-order valence-corrected chi connectivity index (χ3v) is 4.84. The van der Waals surface area contributed by atoms with Crippen LogP contribution in [0.1, 0.15) is 68.9 Å². The zero-order valence-electron chi connectivity index (χ0n) is 11.8. The van der Waals surface area contributed by atoms with E-state index in [-0.39, 0.29) is 11.0 Å². The summed E-state index contributed by atoms with van der Waals surface area (Å²) in [5, 5.41) is 0.